The molecule has 6 nitrogen and oxygen atoms in total. The molecule has 2 rings (SSSR count). The van der Waals surface area contributed by atoms with Crippen molar-refractivity contribution in [2.45, 2.75) is 13.3 Å². The maximum atomic E-state index is 11.8. The molecule has 0 saturated heterocycles. The topological polar surface area (TPSA) is 84.9 Å². The summed E-state index contributed by atoms with van der Waals surface area (Å²) in [6.07, 6.45) is -0.0318. The normalized spacial score (nSPS) is 9.96. The van der Waals surface area contributed by atoms with Crippen molar-refractivity contribution in [3.8, 4) is 11.5 Å². The molecular weight excluding hydrogens is 298 g/mol. The molecule has 2 aromatic rings. The van der Waals surface area contributed by atoms with Gasteiger partial charge < -0.3 is 14.6 Å². The van der Waals surface area contributed by atoms with Crippen molar-refractivity contribution in [3.63, 3.8) is 0 Å². The summed E-state index contributed by atoms with van der Waals surface area (Å²) in [6.45, 7) is 2.19. The van der Waals surface area contributed by atoms with E-state index in [2.05, 4.69) is 5.32 Å². The second kappa shape index (κ2) is 7.84. The Kier molecular flexibility index (Phi) is 5.57. The number of esters is 1. The number of phenolic OH excluding ortho intramolecular Hbond substituents is 1. The highest BCUT2D eigenvalue weighted by molar-refractivity contribution is 5.93. The molecule has 120 valence electrons. The van der Waals surface area contributed by atoms with Crippen LogP contribution in [-0.4, -0.2) is 23.8 Å². The van der Waals surface area contributed by atoms with Gasteiger partial charge in [0, 0.05) is 0 Å². The van der Waals surface area contributed by atoms with Crippen LogP contribution in [0.3, 0.4) is 0 Å². The lowest BCUT2D eigenvalue weighted by molar-refractivity contribution is 0.0504. The zero-order valence-electron chi connectivity index (χ0n) is 12.6. The third kappa shape index (κ3) is 4.74. The minimum Gasteiger partial charge on any atom is -0.506 e. The third-order valence-electron chi connectivity index (χ3n) is 2.86. The van der Waals surface area contributed by atoms with Gasteiger partial charge in [-0.15, -0.1) is 0 Å². The summed E-state index contributed by atoms with van der Waals surface area (Å²) >= 11 is 0. The summed E-state index contributed by atoms with van der Waals surface area (Å²) in [6, 6.07) is 12.6. The number of nitrogens with one attached hydrogen (secondary N) is 1. The van der Waals surface area contributed by atoms with Gasteiger partial charge in [0.2, 0.25) is 0 Å². The van der Waals surface area contributed by atoms with E-state index >= 15 is 0 Å². The molecule has 6 heteroatoms. The number of ether oxygens (including phenoxy) is 2. The van der Waals surface area contributed by atoms with E-state index in [9.17, 15) is 14.7 Å². The number of rotatable bonds is 5. The number of aromatic hydroxyl groups is 1. The van der Waals surface area contributed by atoms with Crippen LogP contribution < -0.4 is 10.1 Å². The zero-order chi connectivity index (χ0) is 16.7. The molecule has 0 aliphatic rings. The van der Waals surface area contributed by atoms with Crippen molar-refractivity contribution in [3.05, 3.63) is 54.1 Å². The predicted molar refractivity (Wildman–Crippen MR) is 84.8 cm³/mol. The minimum absolute atomic E-state index is 0.137. The van der Waals surface area contributed by atoms with Crippen molar-refractivity contribution in [1.29, 1.82) is 0 Å². The van der Waals surface area contributed by atoms with Crippen molar-refractivity contribution >= 4 is 17.7 Å². The Hall–Kier alpha value is -3.02. The van der Waals surface area contributed by atoms with E-state index in [1.165, 1.54) is 18.2 Å². The highest BCUT2D eigenvalue weighted by atomic mass is 16.6. The van der Waals surface area contributed by atoms with Crippen molar-refractivity contribution in [2.75, 3.05) is 11.9 Å². The second-order valence-corrected chi connectivity index (χ2v) is 4.70. The Bertz CT molecular complexity index is 685. The molecule has 0 spiro atoms. The van der Waals surface area contributed by atoms with Gasteiger partial charge >= 0.3 is 12.1 Å². The fourth-order valence-electron chi connectivity index (χ4n) is 1.77. The maximum Gasteiger partial charge on any atom is 0.417 e. The van der Waals surface area contributed by atoms with Crippen LogP contribution in [0.2, 0.25) is 0 Å². The molecule has 0 unspecified atom stereocenters. The Morgan fingerprint density at radius 2 is 1.87 bits per heavy atom. The Morgan fingerprint density at radius 1 is 1.13 bits per heavy atom. The fraction of sp³-hybridized carbons (Fsp3) is 0.176. The maximum absolute atomic E-state index is 11.8. The molecule has 0 fully saturated rings. The van der Waals surface area contributed by atoms with Crippen LogP contribution in [-0.2, 0) is 4.74 Å². The van der Waals surface area contributed by atoms with E-state index in [4.69, 9.17) is 9.47 Å². The summed E-state index contributed by atoms with van der Waals surface area (Å²) in [5.74, 6) is -0.397. The van der Waals surface area contributed by atoms with Gasteiger partial charge in [-0.3, -0.25) is 5.32 Å². The Morgan fingerprint density at radius 3 is 2.52 bits per heavy atom. The monoisotopic (exact) mass is 315 g/mol. The number of hydrogen-bond donors (Lipinski definition) is 2. The first-order valence-electron chi connectivity index (χ1n) is 7.14. The molecule has 0 atom stereocenters. The SMILES string of the molecule is CCCOC(=O)c1ccc(NC(=O)Oc2ccccc2)c(O)c1. The lowest BCUT2D eigenvalue weighted by atomic mass is 10.2. The van der Waals surface area contributed by atoms with Crippen molar-refractivity contribution < 1.29 is 24.2 Å². The largest absolute Gasteiger partial charge is 0.506 e. The number of para-hydroxylation sites is 1. The van der Waals surface area contributed by atoms with Gasteiger partial charge in [0.25, 0.3) is 0 Å². The van der Waals surface area contributed by atoms with E-state index < -0.39 is 12.1 Å². The summed E-state index contributed by atoms with van der Waals surface area (Å²) in [4.78, 5) is 23.4. The van der Waals surface area contributed by atoms with Crippen LogP contribution in [0.4, 0.5) is 10.5 Å². The molecule has 0 heterocycles. The first-order valence-corrected chi connectivity index (χ1v) is 7.14. The summed E-state index contributed by atoms with van der Waals surface area (Å²) in [5, 5.41) is 12.3. The molecule has 23 heavy (non-hydrogen) atoms. The second-order valence-electron chi connectivity index (χ2n) is 4.70. The van der Waals surface area contributed by atoms with Gasteiger partial charge in [0.05, 0.1) is 17.9 Å². The molecule has 1 amide bonds. The molecule has 0 aliphatic heterocycles. The van der Waals surface area contributed by atoms with Crippen LogP contribution in [0.5, 0.6) is 11.5 Å². The minimum atomic E-state index is -0.743. The molecule has 0 aliphatic carbocycles. The molecule has 0 saturated carbocycles. The third-order valence-corrected chi connectivity index (χ3v) is 2.86. The number of phenols is 1. The van der Waals surface area contributed by atoms with Gasteiger partial charge in [0.15, 0.2) is 0 Å². The molecule has 0 bridgehead atoms. The number of hydrogen-bond acceptors (Lipinski definition) is 5. The van der Waals surface area contributed by atoms with Crippen molar-refractivity contribution in [1.82, 2.24) is 0 Å². The summed E-state index contributed by atoms with van der Waals surface area (Å²) in [7, 11) is 0. The van der Waals surface area contributed by atoms with E-state index in [1.807, 2.05) is 6.92 Å². The van der Waals surface area contributed by atoms with Crippen LogP contribution in [0.25, 0.3) is 0 Å². The Balaban J connectivity index is 2.00. The van der Waals surface area contributed by atoms with E-state index in [0.29, 0.717) is 18.8 Å². The van der Waals surface area contributed by atoms with Crippen LogP contribution in [0.15, 0.2) is 48.5 Å². The Labute approximate surface area is 133 Å². The van der Waals surface area contributed by atoms with Crippen molar-refractivity contribution in [2.24, 2.45) is 0 Å². The summed E-state index contributed by atoms with van der Waals surface area (Å²) in [5.41, 5.74) is 0.343. The van der Waals surface area contributed by atoms with Crippen LogP contribution in [0, 0.1) is 0 Å². The molecule has 0 radical (unpaired) electrons. The molecule has 2 aromatic carbocycles. The zero-order valence-corrected chi connectivity index (χ0v) is 12.6. The average molecular weight is 315 g/mol. The predicted octanol–water partition coefficient (Wildman–Crippen LogP) is 3.57. The smallest absolute Gasteiger partial charge is 0.417 e. The lowest BCUT2D eigenvalue weighted by Gasteiger charge is -2.09. The quantitative estimate of drug-likeness (QED) is 0.651. The van der Waals surface area contributed by atoms with E-state index in [-0.39, 0.29) is 17.0 Å². The summed E-state index contributed by atoms with van der Waals surface area (Å²) < 4.78 is 10.0. The van der Waals surface area contributed by atoms with Crippen LogP contribution >= 0.6 is 0 Å². The van der Waals surface area contributed by atoms with Gasteiger partial charge in [-0.25, -0.2) is 9.59 Å². The van der Waals surface area contributed by atoms with Crippen LogP contribution in [0.1, 0.15) is 23.7 Å². The number of benzene rings is 2. The lowest BCUT2D eigenvalue weighted by Crippen LogP contribution is -2.17. The van der Waals surface area contributed by atoms with E-state index in [1.54, 1.807) is 30.3 Å². The van der Waals surface area contributed by atoms with Gasteiger partial charge in [-0.05, 0) is 36.8 Å². The highest BCUT2D eigenvalue weighted by Gasteiger charge is 2.13. The molecular formula is C17H17NO5. The van der Waals surface area contributed by atoms with E-state index in [0.717, 1.165) is 0 Å². The fourth-order valence-corrected chi connectivity index (χ4v) is 1.77. The number of amides is 1. The van der Waals surface area contributed by atoms with Gasteiger partial charge in [-0.1, -0.05) is 25.1 Å². The molecule has 0 aromatic heterocycles. The number of carbonyl (C=O) groups excluding carboxylic acids is 2. The first kappa shape index (κ1) is 16.4. The average Bonchev–Trinajstić information content (AvgIpc) is 2.55. The number of anilines is 1. The first-order chi connectivity index (χ1) is 11.1. The molecule has 2 N–H and O–H groups in total. The number of carbonyl (C=O) groups is 2. The van der Waals surface area contributed by atoms with Gasteiger partial charge in [-0.2, -0.15) is 0 Å². The van der Waals surface area contributed by atoms with Gasteiger partial charge in [0.1, 0.15) is 11.5 Å². The standard InChI is InChI=1S/C17H17NO5/c1-2-10-22-16(20)12-8-9-14(15(19)11-12)18-17(21)23-13-6-4-3-5-7-13/h3-9,11,19H,2,10H2,1H3,(H,18,21). The highest BCUT2D eigenvalue weighted by Crippen LogP contribution is 2.25.